The molecule has 2 saturated heterocycles. The van der Waals surface area contributed by atoms with E-state index >= 15 is 0 Å². The normalized spacial score (nSPS) is 23.0. The molecule has 0 aromatic carbocycles. The Bertz CT molecular complexity index is 503. The number of nitrogens with zero attached hydrogens (tertiary/aromatic N) is 4. The summed E-state index contributed by atoms with van der Waals surface area (Å²) in [5.41, 5.74) is 3.78. The molecule has 1 aromatic heterocycles. The minimum atomic E-state index is 0.682. The van der Waals surface area contributed by atoms with Gasteiger partial charge < -0.3 is 10.3 Å². The molecule has 1 unspecified atom stereocenters. The Kier molecular flexibility index (Phi) is 4.26. The van der Waals surface area contributed by atoms with Crippen LogP contribution in [0.2, 0.25) is 0 Å². The van der Waals surface area contributed by atoms with Gasteiger partial charge in [-0.15, -0.1) is 0 Å². The molecule has 2 aliphatic heterocycles. The van der Waals surface area contributed by atoms with E-state index in [9.17, 15) is 0 Å². The van der Waals surface area contributed by atoms with Gasteiger partial charge in [0.15, 0.2) is 0 Å². The molecule has 2 aliphatic rings. The largest absolute Gasteiger partial charge is 0.355 e. The molecule has 3 rings (SSSR count). The summed E-state index contributed by atoms with van der Waals surface area (Å²) in [5.74, 6) is 8.29. The Morgan fingerprint density at radius 3 is 2.81 bits per heavy atom. The van der Waals surface area contributed by atoms with Crippen LogP contribution in [0.25, 0.3) is 0 Å². The summed E-state index contributed by atoms with van der Waals surface area (Å²) in [6, 6.07) is 0.682. The number of nitrogens with one attached hydrogen (secondary N) is 1. The average molecular weight is 290 g/mol. The minimum Gasteiger partial charge on any atom is -0.355 e. The zero-order chi connectivity index (χ0) is 14.8. The first-order valence-electron chi connectivity index (χ1n) is 8.06. The first-order chi connectivity index (χ1) is 10.2. The van der Waals surface area contributed by atoms with Crippen molar-refractivity contribution in [2.45, 2.75) is 45.6 Å². The molecule has 0 bridgehead atoms. The first-order valence-corrected chi connectivity index (χ1v) is 8.06. The Morgan fingerprint density at radius 1 is 1.24 bits per heavy atom. The monoisotopic (exact) mass is 290 g/mol. The van der Waals surface area contributed by atoms with Crippen LogP contribution in [0.3, 0.4) is 0 Å². The molecule has 3 heterocycles. The highest BCUT2D eigenvalue weighted by Crippen LogP contribution is 2.28. The third-order valence-electron chi connectivity index (χ3n) is 4.72. The second-order valence-corrected chi connectivity index (χ2v) is 6.07. The van der Waals surface area contributed by atoms with Crippen molar-refractivity contribution in [1.29, 1.82) is 0 Å². The lowest BCUT2D eigenvalue weighted by atomic mass is 10.2. The van der Waals surface area contributed by atoms with E-state index < -0.39 is 0 Å². The predicted molar refractivity (Wildman–Crippen MR) is 85.4 cm³/mol. The van der Waals surface area contributed by atoms with Crippen molar-refractivity contribution in [3.63, 3.8) is 0 Å². The summed E-state index contributed by atoms with van der Waals surface area (Å²) >= 11 is 0. The molecule has 6 nitrogen and oxygen atoms in total. The van der Waals surface area contributed by atoms with Crippen LogP contribution in [-0.4, -0.2) is 47.1 Å². The van der Waals surface area contributed by atoms with E-state index in [0.29, 0.717) is 6.04 Å². The molecule has 1 atom stereocenters. The summed E-state index contributed by atoms with van der Waals surface area (Å²) in [6.07, 6.45) is 4.67. The number of nitrogen functional groups attached to an aromatic ring is 1. The lowest BCUT2D eigenvalue weighted by molar-refractivity contribution is 0.273. The lowest BCUT2D eigenvalue weighted by Gasteiger charge is -2.28. The van der Waals surface area contributed by atoms with Crippen molar-refractivity contribution in [2.75, 3.05) is 36.5 Å². The fraction of sp³-hybridized carbons (Fsp3) is 0.733. The van der Waals surface area contributed by atoms with Crippen molar-refractivity contribution < 1.29 is 0 Å². The van der Waals surface area contributed by atoms with Gasteiger partial charge in [-0.25, -0.2) is 15.8 Å². The van der Waals surface area contributed by atoms with E-state index in [4.69, 9.17) is 10.8 Å². The molecule has 0 radical (unpaired) electrons. The second kappa shape index (κ2) is 6.15. The molecule has 1 aromatic rings. The second-order valence-electron chi connectivity index (χ2n) is 6.07. The SMILES string of the molecule is CCc1nc(NN)c(C)c(N2CCCN3CCCC3C2)n1. The summed E-state index contributed by atoms with van der Waals surface area (Å²) in [4.78, 5) is 14.3. The number of fused-ring (bicyclic) bond motifs is 1. The summed E-state index contributed by atoms with van der Waals surface area (Å²) in [6.45, 7) is 8.76. The van der Waals surface area contributed by atoms with Crippen LogP contribution in [-0.2, 0) is 6.42 Å². The molecule has 3 N–H and O–H groups in total. The van der Waals surface area contributed by atoms with Crippen LogP contribution in [0, 0.1) is 6.92 Å². The molecule has 21 heavy (non-hydrogen) atoms. The molecule has 0 amide bonds. The van der Waals surface area contributed by atoms with E-state index in [1.807, 2.05) is 0 Å². The van der Waals surface area contributed by atoms with Crippen LogP contribution in [0.4, 0.5) is 11.6 Å². The number of aryl methyl sites for hydroxylation is 1. The molecule has 116 valence electrons. The number of anilines is 2. The molecular formula is C15H26N6. The molecular weight excluding hydrogens is 264 g/mol. The number of nitrogens with two attached hydrogens (primary N) is 1. The van der Waals surface area contributed by atoms with Crippen molar-refractivity contribution >= 4 is 11.6 Å². The van der Waals surface area contributed by atoms with Gasteiger partial charge in [-0.2, -0.15) is 0 Å². The maximum absolute atomic E-state index is 5.62. The van der Waals surface area contributed by atoms with Crippen molar-refractivity contribution in [3.8, 4) is 0 Å². The highest BCUT2D eigenvalue weighted by atomic mass is 15.3. The summed E-state index contributed by atoms with van der Waals surface area (Å²) in [5, 5.41) is 0. The molecule has 0 aliphatic carbocycles. The van der Waals surface area contributed by atoms with E-state index in [1.54, 1.807) is 0 Å². The summed E-state index contributed by atoms with van der Waals surface area (Å²) < 4.78 is 0. The number of hydrazine groups is 1. The van der Waals surface area contributed by atoms with Gasteiger partial charge in [-0.05, 0) is 32.7 Å². The number of aromatic nitrogens is 2. The van der Waals surface area contributed by atoms with Crippen LogP contribution >= 0.6 is 0 Å². The third-order valence-corrected chi connectivity index (χ3v) is 4.72. The molecule has 0 spiro atoms. The van der Waals surface area contributed by atoms with Crippen LogP contribution in [0.15, 0.2) is 0 Å². The Hall–Kier alpha value is -1.40. The van der Waals surface area contributed by atoms with E-state index in [1.165, 1.54) is 32.4 Å². The lowest BCUT2D eigenvalue weighted by Crippen LogP contribution is -2.37. The van der Waals surface area contributed by atoms with Crippen molar-refractivity contribution in [3.05, 3.63) is 11.4 Å². The smallest absolute Gasteiger partial charge is 0.148 e. The zero-order valence-electron chi connectivity index (χ0n) is 13.1. The van der Waals surface area contributed by atoms with Gasteiger partial charge in [-0.1, -0.05) is 6.92 Å². The summed E-state index contributed by atoms with van der Waals surface area (Å²) in [7, 11) is 0. The average Bonchev–Trinajstić information content (AvgIpc) is 2.85. The van der Waals surface area contributed by atoms with Crippen molar-refractivity contribution in [2.24, 2.45) is 5.84 Å². The van der Waals surface area contributed by atoms with Gasteiger partial charge in [0.05, 0.1) is 0 Å². The topological polar surface area (TPSA) is 70.3 Å². The van der Waals surface area contributed by atoms with Crippen LogP contribution in [0.5, 0.6) is 0 Å². The third kappa shape index (κ3) is 2.82. The Balaban J connectivity index is 1.91. The molecule has 0 saturated carbocycles. The maximum Gasteiger partial charge on any atom is 0.148 e. The van der Waals surface area contributed by atoms with Crippen LogP contribution in [0.1, 0.15) is 37.6 Å². The highest BCUT2D eigenvalue weighted by molar-refractivity contribution is 5.58. The van der Waals surface area contributed by atoms with Gasteiger partial charge >= 0.3 is 0 Å². The zero-order valence-corrected chi connectivity index (χ0v) is 13.1. The maximum atomic E-state index is 5.62. The number of hydrogen-bond donors (Lipinski definition) is 2. The van der Waals surface area contributed by atoms with Gasteiger partial charge in [0, 0.05) is 37.7 Å². The molecule has 2 fully saturated rings. The van der Waals surface area contributed by atoms with Gasteiger partial charge in [0.1, 0.15) is 17.5 Å². The van der Waals surface area contributed by atoms with E-state index in [0.717, 1.165) is 42.5 Å². The van der Waals surface area contributed by atoms with E-state index in [2.05, 4.69) is 34.1 Å². The molecule has 6 heteroatoms. The predicted octanol–water partition coefficient (Wildman–Crippen LogP) is 1.31. The fourth-order valence-corrected chi connectivity index (χ4v) is 3.56. The van der Waals surface area contributed by atoms with Gasteiger partial charge in [0.25, 0.3) is 0 Å². The fourth-order valence-electron chi connectivity index (χ4n) is 3.56. The Morgan fingerprint density at radius 2 is 2.05 bits per heavy atom. The first kappa shape index (κ1) is 14.5. The van der Waals surface area contributed by atoms with Gasteiger partial charge in [-0.3, -0.25) is 4.90 Å². The standard InChI is InChI=1S/C15H26N6/c1-3-13-17-14(19-16)11(2)15(18-13)21-9-5-8-20-7-4-6-12(20)10-21/h12H,3-10,16H2,1-2H3,(H,17,18,19). The highest BCUT2D eigenvalue weighted by Gasteiger charge is 2.30. The number of hydrogen-bond acceptors (Lipinski definition) is 6. The Labute approximate surface area is 126 Å². The number of rotatable bonds is 3. The van der Waals surface area contributed by atoms with Gasteiger partial charge in [0.2, 0.25) is 0 Å². The van der Waals surface area contributed by atoms with E-state index in [-0.39, 0.29) is 0 Å². The van der Waals surface area contributed by atoms with Crippen LogP contribution < -0.4 is 16.2 Å². The minimum absolute atomic E-state index is 0.682. The van der Waals surface area contributed by atoms with Crippen molar-refractivity contribution in [1.82, 2.24) is 14.9 Å². The quantitative estimate of drug-likeness (QED) is 0.646.